The average molecular weight is 266 g/mol. The Labute approximate surface area is 118 Å². The highest BCUT2D eigenvalue weighted by Gasteiger charge is 2.43. The van der Waals surface area contributed by atoms with Gasteiger partial charge in [-0.3, -0.25) is 9.78 Å². The van der Waals surface area contributed by atoms with Crippen LogP contribution in [0, 0.1) is 17.8 Å². The van der Waals surface area contributed by atoms with Crippen LogP contribution in [0.3, 0.4) is 0 Å². The third-order valence-electron chi connectivity index (χ3n) is 4.97. The molecule has 1 N–H and O–H groups in total. The molecule has 2 fully saturated rings. The first kappa shape index (κ1) is 11.9. The number of pyridine rings is 1. The van der Waals surface area contributed by atoms with E-state index in [4.69, 9.17) is 0 Å². The molecule has 1 amide bonds. The minimum absolute atomic E-state index is 0.190. The summed E-state index contributed by atoms with van der Waals surface area (Å²) in [5.74, 6) is 1.81. The van der Waals surface area contributed by atoms with Crippen LogP contribution < -0.4 is 5.32 Å². The second-order valence-electron chi connectivity index (χ2n) is 6.15. The first-order valence-corrected chi connectivity index (χ1v) is 7.46. The van der Waals surface area contributed by atoms with Gasteiger partial charge in [-0.1, -0.05) is 24.6 Å². The molecule has 3 unspecified atom stereocenters. The lowest BCUT2D eigenvalue weighted by Gasteiger charge is -2.21. The molecule has 1 aromatic carbocycles. The van der Waals surface area contributed by atoms with Crippen LogP contribution in [0.2, 0.25) is 0 Å². The van der Waals surface area contributed by atoms with Crippen LogP contribution >= 0.6 is 0 Å². The van der Waals surface area contributed by atoms with Crippen LogP contribution in [0.15, 0.2) is 36.5 Å². The van der Waals surface area contributed by atoms with E-state index in [1.165, 1.54) is 19.3 Å². The largest absolute Gasteiger partial charge is 0.324 e. The molecule has 2 bridgehead atoms. The average Bonchev–Trinajstić information content (AvgIpc) is 3.10. The zero-order valence-corrected chi connectivity index (χ0v) is 11.4. The highest BCUT2D eigenvalue weighted by molar-refractivity contribution is 6.01. The molecular weight excluding hydrogens is 248 g/mol. The summed E-state index contributed by atoms with van der Waals surface area (Å²) >= 11 is 0. The standard InChI is InChI=1S/C17H18N2O/c20-17(14-10-11-6-7-13(14)9-11)19-15-5-1-3-12-4-2-8-18-16(12)15/h1-5,8,11,13-14H,6-7,9-10H2,(H,19,20). The molecule has 102 valence electrons. The van der Waals surface area contributed by atoms with Gasteiger partial charge in [0.2, 0.25) is 5.91 Å². The summed E-state index contributed by atoms with van der Waals surface area (Å²) in [6, 6.07) is 9.88. The lowest BCUT2D eigenvalue weighted by Crippen LogP contribution is -2.27. The number of hydrogen-bond donors (Lipinski definition) is 1. The minimum Gasteiger partial charge on any atom is -0.324 e. The topological polar surface area (TPSA) is 42.0 Å². The molecule has 3 nitrogen and oxygen atoms in total. The van der Waals surface area contributed by atoms with E-state index in [1.54, 1.807) is 6.20 Å². The number of nitrogens with zero attached hydrogens (tertiary/aromatic N) is 1. The highest BCUT2D eigenvalue weighted by Crippen LogP contribution is 2.48. The maximum absolute atomic E-state index is 12.5. The molecule has 2 aliphatic rings. The van der Waals surface area contributed by atoms with E-state index in [1.807, 2.05) is 30.3 Å². The smallest absolute Gasteiger partial charge is 0.227 e. The van der Waals surface area contributed by atoms with E-state index in [-0.39, 0.29) is 11.8 Å². The molecule has 3 atom stereocenters. The van der Waals surface area contributed by atoms with Crippen LogP contribution in [0.1, 0.15) is 25.7 Å². The van der Waals surface area contributed by atoms with E-state index in [9.17, 15) is 4.79 Å². The van der Waals surface area contributed by atoms with Gasteiger partial charge in [0.15, 0.2) is 0 Å². The Morgan fingerprint density at radius 3 is 2.85 bits per heavy atom. The molecule has 2 saturated carbocycles. The van der Waals surface area contributed by atoms with Crippen LogP contribution in [0.4, 0.5) is 5.69 Å². The third-order valence-corrected chi connectivity index (χ3v) is 4.97. The quantitative estimate of drug-likeness (QED) is 0.902. The molecule has 1 heterocycles. The summed E-state index contributed by atoms with van der Waals surface area (Å²) in [6.45, 7) is 0. The molecular formula is C17H18N2O. The Bertz CT molecular complexity index is 662. The van der Waals surface area contributed by atoms with E-state index >= 15 is 0 Å². The fourth-order valence-electron chi connectivity index (χ4n) is 4.00. The number of fused-ring (bicyclic) bond motifs is 3. The van der Waals surface area contributed by atoms with Crippen molar-refractivity contribution in [2.45, 2.75) is 25.7 Å². The van der Waals surface area contributed by atoms with Crippen molar-refractivity contribution in [3.63, 3.8) is 0 Å². The van der Waals surface area contributed by atoms with Gasteiger partial charge in [0.1, 0.15) is 0 Å². The molecule has 2 aliphatic carbocycles. The van der Waals surface area contributed by atoms with Crippen molar-refractivity contribution in [3.05, 3.63) is 36.5 Å². The maximum Gasteiger partial charge on any atom is 0.227 e. The fraction of sp³-hybridized carbons (Fsp3) is 0.412. The fourth-order valence-corrected chi connectivity index (χ4v) is 4.00. The van der Waals surface area contributed by atoms with Gasteiger partial charge in [-0.05, 0) is 43.2 Å². The van der Waals surface area contributed by atoms with Gasteiger partial charge in [-0.2, -0.15) is 0 Å². The number of aromatic nitrogens is 1. The summed E-state index contributed by atoms with van der Waals surface area (Å²) < 4.78 is 0. The monoisotopic (exact) mass is 266 g/mol. The number of carbonyl (C=O) groups excluding carboxylic acids is 1. The second kappa shape index (κ2) is 4.58. The Morgan fingerprint density at radius 2 is 2.05 bits per heavy atom. The van der Waals surface area contributed by atoms with Crippen molar-refractivity contribution in [3.8, 4) is 0 Å². The van der Waals surface area contributed by atoms with Gasteiger partial charge in [0.05, 0.1) is 11.2 Å². The predicted octanol–water partition coefficient (Wildman–Crippen LogP) is 3.61. The summed E-state index contributed by atoms with van der Waals surface area (Å²) in [7, 11) is 0. The number of rotatable bonds is 2. The Balaban J connectivity index is 1.60. The number of nitrogens with one attached hydrogen (secondary N) is 1. The van der Waals surface area contributed by atoms with Gasteiger partial charge in [0.25, 0.3) is 0 Å². The van der Waals surface area contributed by atoms with Crippen molar-refractivity contribution < 1.29 is 4.79 Å². The van der Waals surface area contributed by atoms with Gasteiger partial charge in [-0.15, -0.1) is 0 Å². The van der Waals surface area contributed by atoms with Crippen LogP contribution in [-0.4, -0.2) is 10.9 Å². The van der Waals surface area contributed by atoms with Crippen LogP contribution in [-0.2, 0) is 4.79 Å². The summed E-state index contributed by atoms with van der Waals surface area (Å²) in [5.41, 5.74) is 1.72. The number of carbonyl (C=O) groups is 1. The molecule has 0 saturated heterocycles. The Morgan fingerprint density at radius 1 is 1.15 bits per heavy atom. The number of anilines is 1. The first-order chi connectivity index (χ1) is 9.81. The SMILES string of the molecule is O=C(Nc1cccc2cccnc12)C1CC2CCC1C2. The summed E-state index contributed by atoms with van der Waals surface area (Å²) in [5, 5.41) is 4.18. The molecule has 0 spiro atoms. The lowest BCUT2D eigenvalue weighted by molar-refractivity contribution is -0.121. The van der Waals surface area contributed by atoms with Crippen molar-refractivity contribution in [2.24, 2.45) is 17.8 Å². The van der Waals surface area contributed by atoms with Crippen molar-refractivity contribution in [1.29, 1.82) is 0 Å². The van der Waals surface area contributed by atoms with Crippen molar-refractivity contribution in [1.82, 2.24) is 4.98 Å². The number of amides is 1. The van der Waals surface area contributed by atoms with Crippen LogP contribution in [0.5, 0.6) is 0 Å². The number of hydrogen-bond acceptors (Lipinski definition) is 2. The number of benzene rings is 1. The van der Waals surface area contributed by atoms with Gasteiger partial charge < -0.3 is 5.32 Å². The maximum atomic E-state index is 12.5. The van der Waals surface area contributed by atoms with E-state index in [0.29, 0.717) is 5.92 Å². The second-order valence-corrected chi connectivity index (χ2v) is 6.15. The molecule has 0 radical (unpaired) electrons. The van der Waals surface area contributed by atoms with E-state index < -0.39 is 0 Å². The molecule has 3 heteroatoms. The third kappa shape index (κ3) is 1.89. The summed E-state index contributed by atoms with van der Waals surface area (Å²) in [4.78, 5) is 16.9. The Hall–Kier alpha value is -1.90. The summed E-state index contributed by atoms with van der Waals surface area (Å²) in [6.07, 6.45) is 6.66. The van der Waals surface area contributed by atoms with Gasteiger partial charge in [-0.25, -0.2) is 0 Å². The molecule has 20 heavy (non-hydrogen) atoms. The van der Waals surface area contributed by atoms with Crippen molar-refractivity contribution in [2.75, 3.05) is 5.32 Å². The number of para-hydroxylation sites is 1. The minimum atomic E-state index is 0.190. The highest BCUT2D eigenvalue weighted by atomic mass is 16.1. The van der Waals surface area contributed by atoms with E-state index in [0.717, 1.165) is 28.9 Å². The predicted molar refractivity (Wildman–Crippen MR) is 79.3 cm³/mol. The lowest BCUT2D eigenvalue weighted by atomic mass is 9.88. The zero-order chi connectivity index (χ0) is 13.5. The van der Waals surface area contributed by atoms with Gasteiger partial charge in [0, 0.05) is 17.5 Å². The van der Waals surface area contributed by atoms with Gasteiger partial charge >= 0.3 is 0 Å². The normalized spacial score (nSPS) is 27.9. The van der Waals surface area contributed by atoms with Crippen molar-refractivity contribution >= 4 is 22.5 Å². The van der Waals surface area contributed by atoms with E-state index in [2.05, 4.69) is 10.3 Å². The molecule has 4 rings (SSSR count). The molecule has 1 aromatic heterocycles. The first-order valence-electron chi connectivity index (χ1n) is 7.46. The Kier molecular flexibility index (Phi) is 2.72. The van der Waals surface area contributed by atoms with Crippen LogP contribution in [0.25, 0.3) is 10.9 Å². The zero-order valence-electron chi connectivity index (χ0n) is 11.4. The molecule has 0 aliphatic heterocycles. The molecule has 2 aromatic rings.